The highest BCUT2D eigenvalue weighted by Gasteiger charge is 2.23. The molecule has 0 radical (unpaired) electrons. The third-order valence-electron chi connectivity index (χ3n) is 2.77. The standard InChI is InChI=1S/C12H22N4O2S/c1-13-12-11(7-5-8-14-12)19(17,18)16(4)10-6-9-15(2)3/h5,7-8H,6,9-10H2,1-4H3,(H,13,14). The van der Waals surface area contributed by atoms with Crippen LogP contribution in [0, 0.1) is 0 Å². The highest BCUT2D eigenvalue weighted by molar-refractivity contribution is 7.89. The lowest BCUT2D eigenvalue weighted by atomic mass is 10.4. The Bertz CT molecular complexity index is 502. The number of pyridine rings is 1. The molecule has 1 heterocycles. The monoisotopic (exact) mass is 286 g/mol. The Hall–Kier alpha value is -1.18. The third-order valence-corrected chi connectivity index (χ3v) is 4.66. The summed E-state index contributed by atoms with van der Waals surface area (Å²) in [5, 5.41) is 2.81. The highest BCUT2D eigenvalue weighted by atomic mass is 32.2. The molecule has 0 fully saturated rings. The van der Waals surface area contributed by atoms with Crippen LogP contribution in [0.1, 0.15) is 6.42 Å². The number of hydrogen-bond acceptors (Lipinski definition) is 5. The Balaban J connectivity index is 2.85. The lowest BCUT2D eigenvalue weighted by molar-refractivity contribution is 0.370. The van der Waals surface area contributed by atoms with Crippen LogP contribution in [0.15, 0.2) is 23.2 Å². The van der Waals surface area contributed by atoms with E-state index in [0.29, 0.717) is 12.4 Å². The fourth-order valence-corrected chi connectivity index (χ4v) is 3.04. The van der Waals surface area contributed by atoms with Crippen molar-refractivity contribution in [3.05, 3.63) is 18.3 Å². The van der Waals surface area contributed by atoms with Crippen LogP contribution in [0.5, 0.6) is 0 Å². The first-order valence-electron chi connectivity index (χ1n) is 6.13. The first-order chi connectivity index (χ1) is 8.89. The van der Waals surface area contributed by atoms with E-state index in [9.17, 15) is 8.42 Å². The Morgan fingerprint density at radius 3 is 2.53 bits per heavy atom. The van der Waals surface area contributed by atoms with Gasteiger partial charge in [-0.2, -0.15) is 0 Å². The van der Waals surface area contributed by atoms with Crippen LogP contribution in [0.2, 0.25) is 0 Å². The van der Waals surface area contributed by atoms with Crippen LogP contribution in [-0.2, 0) is 10.0 Å². The molecule has 0 saturated carbocycles. The minimum atomic E-state index is -3.49. The van der Waals surface area contributed by atoms with Crippen molar-refractivity contribution in [2.24, 2.45) is 0 Å². The summed E-state index contributed by atoms with van der Waals surface area (Å²) >= 11 is 0. The molecule has 0 spiro atoms. The quantitative estimate of drug-likeness (QED) is 0.799. The van der Waals surface area contributed by atoms with Crippen molar-refractivity contribution in [1.82, 2.24) is 14.2 Å². The molecule has 7 heteroatoms. The van der Waals surface area contributed by atoms with Gasteiger partial charge < -0.3 is 10.2 Å². The van der Waals surface area contributed by atoms with Gasteiger partial charge in [0.2, 0.25) is 10.0 Å². The van der Waals surface area contributed by atoms with Crippen LogP contribution in [0.4, 0.5) is 5.82 Å². The maximum atomic E-state index is 12.4. The zero-order chi connectivity index (χ0) is 14.5. The topological polar surface area (TPSA) is 65.5 Å². The van der Waals surface area contributed by atoms with E-state index in [1.807, 2.05) is 19.0 Å². The van der Waals surface area contributed by atoms with Crippen LogP contribution in [0.25, 0.3) is 0 Å². The molecule has 0 unspecified atom stereocenters. The lowest BCUT2D eigenvalue weighted by Crippen LogP contribution is -2.30. The molecule has 6 nitrogen and oxygen atoms in total. The molecule has 0 aromatic carbocycles. The molecule has 0 aliphatic heterocycles. The number of anilines is 1. The second kappa shape index (κ2) is 6.83. The summed E-state index contributed by atoms with van der Waals surface area (Å²) in [4.78, 5) is 6.27. The molecule has 1 rings (SSSR count). The number of rotatable bonds is 7. The summed E-state index contributed by atoms with van der Waals surface area (Å²) in [6.45, 7) is 1.34. The van der Waals surface area contributed by atoms with Gasteiger partial charge in [0.1, 0.15) is 10.7 Å². The number of aromatic nitrogens is 1. The van der Waals surface area contributed by atoms with Gasteiger partial charge in [-0.05, 0) is 39.2 Å². The van der Waals surface area contributed by atoms with Gasteiger partial charge >= 0.3 is 0 Å². The third kappa shape index (κ3) is 4.15. The molecule has 19 heavy (non-hydrogen) atoms. The van der Waals surface area contributed by atoms with Gasteiger partial charge in [0, 0.05) is 26.8 Å². The summed E-state index contributed by atoms with van der Waals surface area (Å²) < 4.78 is 26.2. The molecule has 1 aromatic rings. The number of nitrogens with one attached hydrogen (secondary N) is 1. The summed E-state index contributed by atoms with van der Waals surface area (Å²) in [7, 11) is 3.70. The zero-order valence-electron chi connectivity index (χ0n) is 11.9. The van der Waals surface area contributed by atoms with E-state index in [-0.39, 0.29) is 4.90 Å². The van der Waals surface area contributed by atoms with E-state index in [1.165, 1.54) is 4.31 Å². The summed E-state index contributed by atoms with van der Waals surface area (Å²) in [6, 6.07) is 3.19. The van der Waals surface area contributed by atoms with Crippen molar-refractivity contribution >= 4 is 15.8 Å². The van der Waals surface area contributed by atoms with Crippen molar-refractivity contribution in [3.63, 3.8) is 0 Å². The largest absolute Gasteiger partial charge is 0.372 e. The molecule has 0 aliphatic rings. The van der Waals surface area contributed by atoms with E-state index in [1.54, 1.807) is 32.4 Å². The fourth-order valence-electron chi connectivity index (χ4n) is 1.68. The summed E-state index contributed by atoms with van der Waals surface area (Å²) in [5.74, 6) is 0.377. The molecule has 0 bridgehead atoms. The highest BCUT2D eigenvalue weighted by Crippen LogP contribution is 2.21. The van der Waals surface area contributed by atoms with Crippen molar-refractivity contribution in [2.75, 3.05) is 46.6 Å². The van der Waals surface area contributed by atoms with E-state index in [0.717, 1.165) is 13.0 Å². The minimum absolute atomic E-state index is 0.213. The molecule has 108 valence electrons. The average Bonchev–Trinajstić information content (AvgIpc) is 2.38. The van der Waals surface area contributed by atoms with Crippen LogP contribution >= 0.6 is 0 Å². The van der Waals surface area contributed by atoms with Gasteiger partial charge in [0.05, 0.1) is 0 Å². The molecular weight excluding hydrogens is 264 g/mol. The Morgan fingerprint density at radius 1 is 1.26 bits per heavy atom. The molecular formula is C12H22N4O2S. The SMILES string of the molecule is CNc1ncccc1S(=O)(=O)N(C)CCCN(C)C. The number of hydrogen-bond donors (Lipinski definition) is 1. The number of nitrogens with zero attached hydrogens (tertiary/aromatic N) is 3. The van der Waals surface area contributed by atoms with Crippen molar-refractivity contribution in [2.45, 2.75) is 11.3 Å². The second-order valence-electron chi connectivity index (χ2n) is 4.58. The van der Waals surface area contributed by atoms with Crippen molar-refractivity contribution < 1.29 is 8.42 Å². The van der Waals surface area contributed by atoms with E-state index in [4.69, 9.17) is 0 Å². The molecule has 0 atom stereocenters. The second-order valence-corrected chi connectivity index (χ2v) is 6.60. The van der Waals surface area contributed by atoms with Gasteiger partial charge in [0.25, 0.3) is 0 Å². The smallest absolute Gasteiger partial charge is 0.246 e. The fraction of sp³-hybridized carbons (Fsp3) is 0.583. The van der Waals surface area contributed by atoms with Crippen LogP contribution < -0.4 is 5.32 Å². The van der Waals surface area contributed by atoms with Gasteiger partial charge in [-0.15, -0.1) is 0 Å². The Labute approximate surface area is 115 Å². The summed E-state index contributed by atoms with van der Waals surface area (Å²) in [6.07, 6.45) is 2.36. The Kier molecular flexibility index (Phi) is 5.71. The summed E-state index contributed by atoms with van der Waals surface area (Å²) in [5.41, 5.74) is 0. The van der Waals surface area contributed by atoms with E-state index >= 15 is 0 Å². The Morgan fingerprint density at radius 2 is 1.95 bits per heavy atom. The predicted octanol–water partition coefficient (Wildman–Crippen LogP) is 0.696. The van der Waals surface area contributed by atoms with Crippen LogP contribution in [-0.4, -0.2) is 63.9 Å². The zero-order valence-corrected chi connectivity index (χ0v) is 12.7. The van der Waals surface area contributed by atoms with Gasteiger partial charge in [0.15, 0.2) is 0 Å². The van der Waals surface area contributed by atoms with Crippen molar-refractivity contribution in [1.29, 1.82) is 0 Å². The molecule has 1 N–H and O–H groups in total. The molecule has 0 aliphatic carbocycles. The first kappa shape index (κ1) is 15.9. The molecule has 0 saturated heterocycles. The number of sulfonamides is 1. The lowest BCUT2D eigenvalue weighted by Gasteiger charge is -2.19. The van der Waals surface area contributed by atoms with Gasteiger partial charge in [-0.1, -0.05) is 0 Å². The van der Waals surface area contributed by atoms with Crippen LogP contribution in [0.3, 0.4) is 0 Å². The predicted molar refractivity (Wildman–Crippen MR) is 76.8 cm³/mol. The van der Waals surface area contributed by atoms with Gasteiger partial charge in [-0.3, -0.25) is 0 Å². The first-order valence-corrected chi connectivity index (χ1v) is 7.57. The maximum absolute atomic E-state index is 12.4. The molecule has 1 aromatic heterocycles. The van der Waals surface area contributed by atoms with E-state index < -0.39 is 10.0 Å². The van der Waals surface area contributed by atoms with Crippen molar-refractivity contribution in [3.8, 4) is 0 Å². The van der Waals surface area contributed by atoms with Gasteiger partial charge in [-0.25, -0.2) is 17.7 Å². The minimum Gasteiger partial charge on any atom is -0.372 e. The molecule has 0 amide bonds. The maximum Gasteiger partial charge on any atom is 0.246 e. The van der Waals surface area contributed by atoms with E-state index in [2.05, 4.69) is 10.3 Å². The normalized spacial score (nSPS) is 12.1. The average molecular weight is 286 g/mol.